The van der Waals surface area contributed by atoms with Gasteiger partial charge in [-0.2, -0.15) is 0 Å². The van der Waals surface area contributed by atoms with Gasteiger partial charge in [-0.05, 0) is 24.5 Å². The number of fused-ring (bicyclic) bond motifs is 1. The summed E-state index contributed by atoms with van der Waals surface area (Å²) < 4.78 is 0. The molecule has 0 unspecified atom stereocenters. The Kier molecular flexibility index (Phi) is 8.35. The number of halogens is 1. The van der Waals surface area contributed by atoms with Crippen molar-refractivity contribution in [1.29, 1.82) is 0 Å². The second kappa shape index (κ2) is 10.7. The van der Waals surface area contributed by atoms with E-state index in [1.54, 1.807) is 6.07 Å². The number of rotatable bonds is 10. The SMILES string of the molecule is CC(C)C[C@H](CC(=O)c1nc2ccccc2[nH]1)C(=O)NN(CCC(N)=O)C(=O)CCl. The Labute approximate surface area is 179 Å². The highest BCUT2D eigenvalue weighted by molar-refractivity contribution is 6.27. The number of ketones is 1. The van der Waals surface area contributed by atoms with Crippen LogP contribution < -0.4 is 11.2 Å². The van der Waals surface area contributed by atoms with Gasteiger partial charge in [-0.25, -0.2) is 4.98 Å². The summed E-state index contributed by atoms with van der Waals surface area (Å²) in [7, 11) is 0. The van der Waals surface area contributed by atoms with Crippen molar-refractivity contribution >= 4 is 46.1 Å². The monoisotopic (exact) mass is 435 g/mol. The fraction of sp³-hybridized carbons (Fsp3) is 0.450. The van der Waals surface area contributed by atoms with Gasteiger partial charge in [-0.3, -0.25) is 29.6 Å². The van der Waals surface area contributed by atoms with Crippen molar-refractivity contribution in [2.24, 2.45) is 17.6 Å². The molecule has 0 aliphatic carbocycles. The maximum Gasteiger partial charge on any atom is 0.255 e. The summed E-state index contributed by atoms with van der Waals surface area (Å²) in [6, 6.07) is 7.25. The summed E-state index contributed by atoms with van der Waals surface area (Å²) in [6.07, 6.45) is 0.217. The molecule has 10 heteroatoms. The normalized spacial score (nSPS) is 12.0. The van der Waals surface area contributed by atoms with E-state index < -0.39 is 23.6 Å². The number of nitrogens with zero attached hydrogens (tertiary/aromatic N) is 2. The third-order valence-corrected chi connectivity index (χ3v) is 4.68. The van der Waals surface area contributed by atoms with Crippen LogP contribution in [0.15, 0.2) is 24.3 Å². The van der Waals surface area contributed by atoms with Crippen molar-refractivity contribution in [3.8, 4) is 0 Å². The van der Waals surface area contributed by atoms with Gasteiger partial charge in [-0.1, -0.05) is 26.0 Å². The average molecular weight is 436 g/mol. The molecule has 1 atom stereocenters. The second-order valence-electron chi connectivity index (χ2n) is 7.43. The molecule has 0 bridgehead atoms. The Hall–Kier alpha value is -2.94. The van der Waals surface area contributed by atoms with Crippen LogP contribution in [0.5, 0.6) is 0 Å². The molecule has 9 nitrogen and oxygen atoms in total. The number of para-hydroxylation sites is 2. The molecular formula is C20H26ClN5O4. The number of hydrogen-bond donors (Lipinski definition) is 3. The van der Waals surface area contributed by atoms with Crippen LogP contribution in [0.4, 0.5) is 0 Å². The summed E-state index contributed by atoms with van der Waals surface area (Å²) >= 11 is 5.59. The van der Waals surface area contributed by atoms with Crippen LogP contribution in [0.25, 0.3) is 11.0 Å². The zero-order valence-electron chi connectivity index (χ0n) is 17.0. The number of primary amides is 1. The molecule has 0 saturated carbocycles. The molecule has 2 aromatic rings. The number of imidazole rings is 1. The summed E-state index contributed by atoms with van der Waals surface area (Å²) in [4.78, 5) is 55.9. The first kappa shape index (κ1) is 23.3. The number of benzene rings is 1. The lowest BCUT2D eigenvalue weighted by Gasteiger charge is -2.25. The number of nitrogens with one attached hydrogen (secondary N) is 2. The molecule has 3 amide bonds. The fourth-order valence-corrected chi connectivity index (χ4v) is 3.16. The van der Waals surface area contributed by atoms with Crippen molar-refractivity contribution in [2.45, 2.75) is 33.1 Å². The van der Waals surface area contributed by atoms with Gasteiger partial charge >= 0.3 is 0 Å². The first-order valence-corrected chi connectivity index (χ1v) is 10.2. The molecule has 0 fully saturated rings. The molecule has 30 heavy (non-hydrogen) atoms. The van der Waals surface area contributed by atoms with Crippen LogP contribution in [-0.4, -0.2) is 50.9 Å². The van der Waals surface area contributed by atoms with Crippen LogP contribution in [0.1, 0.15) is 43.7 Å². The lowest BCUT2D eigenvalue weighted by Crippen LogP contribution is -2.50. The van der Waals surface area contributed by atoms with Gasteiger partial charge in [0.25, 0.3) is 5.91 Å². The molecule has 162 valence electrons. The Bertz CT molecular complexity index is 894. The number of hydrazine groups is 1. The third-order valence-electron chi connectivity index (χ3n) is 4.45. The largest absolute Gasteiger partial charge is 0.370 e. The van der Waals surface area contributed by atoms with Crippen molar-refractivity contribution in [1.82, 2.24) is 20.4 Å². The lowest BCUT2D eigenvalue weighted by atomic mass is 9.91. The number of alkyl halides is 1. The number of carbonyl (C=O) groups excluding carboxylic acids is 4. The molecule has 0 radical (unpaired) electrons. The van der Waals surface area contributed by atoms with E-state index in [1.165, 1.54) is 0 Å². The van der Waals surface area contributed by atoms with E-state index in [-0.39, 0.29) is 42.8 Å². The van der Waals surface area contributed by atoms with Crippen LogP contribution >= 0.6 is 11.6 Å². The Morgan fingerprint density at radius 2 is 1.93 bits per heavy atom. The van der Waals surface area contributed by atoms with E-state index >= 15 is 0 Å². The number of nitrogens with two attached hydrogens (primary N) is 1. The molecule has 0 aliphatic heterocycles. The van der Waals surface area contributed by atoms with Gasteiger partial charge in [0.1, 0.15) is 5.88 Å². The number of H-pyrrole nitrogens is 1. The quantitative estimate of drug-likeness (QED) is 0.296. The fourth-order valence-electron chi connectivity index (χ4n) is 3.02. The van der Waals surface area contributed by atoms with E-state index in [9.17, 15) is 19.2 Å². The maximum absolute atomic E-state index is 12.8. The van der Waals surface area contributed by atoms with Crippen LogP contribution in [0, 0.1) is 11.8 Å². The number of Topliss-reactive ketones (excluding diaryl/α,β-unsaturated/α-hetero) is 1. The molecular weight excluding hydrogens is 410 g/mol. The lowest BCUT2D eigenvalue weighted by molar-refractivity contribution is -0.142. The standard InChI is InChI=1S/C20H26ClN5O4/c1-12(2)9-13(20(30)25-26(18(29)11-21)8-7-17(22)28)10-16(27)19-23-14-5-3-4-6-15(14)24-19/h3-6,12-13H,7-11H2,1-2H3,(H2,22,28)(H,23,24)(H,25,30)/t13-/m1/s1. The minimum absolute atomic E-state index is 0.0808. The Morgan fingerprint density at radius 1 is 1.23 bits per heavy atom. The molecule has 4 N–H and O–H groups in total. The van der Waals surface area contributed by atoms with E-state index in [4.69, 9.17) is 17.3 Å². The van der Waals surface area contributed by atoms with Crippen LogP contribution in [0.2, 0.25) is 0 Å². The van der Waals surface area contributed by atoms with Crippen molar-refractivity contribution in [3.05, 3.63) is 30.1 Å². The van der Waals surface area contributed by atoms with Gasteiger partial charge in [0.2, 0.25) is 11.8 Å². The van der Waals surface area contributed by atoms with Crippen molar-refractivity contribution in [2.75, 3.05) is 12.4 Å². The third kappa shape index (κ3) is 6.55. The second-order valence-corrected chi connectivity index (χ2v) is 7.69. The van der Waals surface area contributed by atoms with Gasteiger partial charge in [0.05, 0.1) is 17.6 Å². The highest BCUT2D eigenvalue weighted by atomic mass is 35.5. The van der Waals surface area contributed by atoms with E-state index in [1.807, 2.05) is 32.0 Å². The minimum atomic E-state index is -0.690. The molecule has 0 aliphatic rings. The van der Waals surface area contributed by atoms with Gasteiger partial charge in [-0.15, -0.1) is 11.6 Å². The first-order valence-electron chi connectivity index (χ1n) is 9.64. The summed E-state index contributed by atoms with van der Waals surface area (Å²) in [6.45, 7) is 3.76. The number of carbonyl (C=O) groups is 4. The summed E-state index contributed by atoms with van der Waals surface area (Å²) in [5, 5.41) is 0.971. The van der Waals surface area contributed by atoms with E-state index in [2.05, 4.69) is 15.4 Å². The molecule has 0 saturated heterocycles. The number of hydrogen-bond acceptors (Lipinski definition) is 5. The average Bonchev–Trinajstić information content (AvgIpc) is 3.13. The first-order chi connectivity index (χ1) is 14.2. The number of aromatic amines is 1. The molecule has 1 heterocycles. The van der Waals surface area contributed by atoms with E-state index in [0.717, 1.165) is 10.5 Å². The molecule has 2 rings (SSSR count). The number of aromatic nitrogens is 2. The smallest absolute Gasteiger partial charge is 0.255 e. The van der Waals surface area contributed by atoms with Gasteiger partial charge in [0, 0.05) is 18.8 Å². The predicted molar refractivity (Wildman–Crippen MR) is 112 cm³/mol. The van der Waals surface area contributed by atoms with Gasteiger partial charge in [0.15, 0.2) is 11.6 Å². The zero-order chi connectivity index (χ0) is 22.3. The van der Waals surface area contributed by atoms with Crippen molar-refractivity contribution < 1.29 is 19.2 Å². The maximum atomic E-state index is 12.8. The Morgan fingerprint density at radius 3 is 2.53 bits per heavy atom. The summed E-state index contributed by atoms with van der Waals surface area (Å²) in [5.41, 5.74) is 9.00. The minimum Gasteiger partial charge on any atom is -0.370 e. The van der Waals surface area contributed by atoms with Gasteiger partial charge < -0.3 is 10.7 Å². The van der Waals surface area contributed by atoms with Crippen LogP contribution in [0.3, 0.4) is 0 Å². The molecule has 0 spiro atoms. The molecule has 1 aromatic heterocycles. The topological polar surface area (TPSA) is 138 Å². The van der Waals surface area contributed by atoms with Crippen molar-refractivity contribution in [3.63, 3.8) is 0 Å². The highest BCUT2D eigenvalue weighted by Gasteiger charge is 2.27. The summed E-state index contributed by atoms with van der Waals surface area (Å²) in [5.74, 6) is -2.74. The van der Waals surface area contributed by atoms with Crippen LogP contribution in [-0.2, 0) is 14.4 Å². The highest BCUT2D eigenvalue weighted by Crippen LogP contribution is 2.20. The zero-order valence-corrected chi connectivity index (χ0v) is 17.7. The molecule has 1 aromatic carbocycles. The van der Waals surface area contributed by atoms with E-state index in [0.29, 0.717) is 11.9 Å². The Balaban J connectivity index is 2.13. The number of amides is 3. The predicted octanol–water partition coefficient (Wildman–Crippen LogP) is 1.77.